The van der Waals surface area contributed by atoms with Gasteiger partial charge in [-0.1, -0.05) is 52.0 Å². The second-order valence-corrected chi connectivity index (χ2v) is 6.77. The Kier molecular flexibility index (Phi) is 6.72. The van der Waals surface area contributed by atoms with Gasteiger partial charge in [0.2, 0.25) is 0 Å². The molecule has 0 aliphatic rings. The third kappa shape index (κ3) is 4.77. The van der Waals surface area contributed by atoms with Crippen LogP contribution in [0.25, 0.3) is 11.1 Å². The number of ether oxygens (including phenoxy) is 1. The molecule has 0 atom stereocenters. The fourth-order valence-corrected chi connectivity index (χ4v) is 3.00. The van der Waals surface area contributed by atoms with Crippen LogP contribution in [0.5, 0.6) is 0 Å². The SMILES string of the molecule is CCOC(=O)/C(NN)=C(/N)Sc1ccc(-c2ccc(Br)cc2)cc1. The average Bonchev–Trinajstić information content (AvgIpc) is 2.57. The zero-order chi connectivity index (χ0) is 17.5. The van der Waals surface area contributed by atoms with Crippen LogP contribution < -0.4 is 17.0 Å². The Balaban J connectivity index is 2.15. The van der Waals surface area contributed by atoms with Crippen LogP contribution in [0.2, 0.25) is 0 Å². The summed E-state index contributed by atoms with van der Waals surface area (Å²) in [6.07, 6.45) is 0. The number of nitrogens with one attached hydrogen (secondary N) is 1. The highest BCUT2D eigenvalue weighted by molar-refractivity contribution is 9.10. The number of thioether (sulfide) groups is 1. The Hall–Kier alpha value is -1.96. The van der Waals surface area contributed by atoms with E-state index in [1.54, 1.807) is 6.92 Å². The van der Waals surface area contributed by atoms with Crippen molar-refractivity contribution >= 4 is 33.7 Å². The maximum Gasteiger partial charge on any atom is 0.358 e. The number of carbonyl (C=O) groups excluding carboxylic acids is 1. The van der Waals surface area contributed by atoms with Crippen molar-refractivity contribution in [2.24, 2.45) is 11.6 Å². The van der Waals surface area contributed by atoms with E-state index in [9.17, 15) is 4.79 Å². The molecule has 5 N–H and O–H groups in total. The van der Waals surface area contributed by atoms with Crippen molar-refractivity contribution in [3.05, 3.63) is 63.7 Å². The molecule has 24 heavy (non-hydrogen) atoms. The van der Waals surface area contributed by atoms with Gasteiger partial charge in [-0.25, -0.2) is 4.79 Å². The lowest BCUT2D eigenvalue weighted by atomic mass is 10.1. The van der Waals surface area contributed by atoms with E-state index < -0.39 is 5.97 Å². The highest BCUT2D eigenvalue weighted by Gasteiger charge is 2.14. The van der Waals surface area contributed by atoms with E-state index in [2.05, 4.69) is 21.4 Å². The fourth-order valence-electron chi connectivity index (χ4n) is 1.97. The van der Waals surface area contributed by atoms with Gasteiger partial charge in [0.15, 0.2) is 5.70 Å². The summed E-state index contributed by atoms with van der Waals surface area (Å²) in [5.41, 5.74) is 10.5. The van der Waals surface area contributed by atoms with Gasteiger partial charge in [0, 0.05) is 9.37 Å². The Morgan fingerprint density at radius 2 is 1.67 bits per heavy atom. The van der Waals surface area contributed by atoms with Crippen LogP contribution in [0, 0.1) is 0 Å². The van der Waals surface area contributed by atoms with Gasteiger partial charge < -0.3 is 15.9 Å². The second kappa shape index (κ2) is 8.77. The normalized spacial score (nSPS) is 11.6. The Bertz CT molecular complexity index is 731. The summed E-state index contributed by atoms with van der Waals surface area (Å²) in [5, 5.41) is 0.257. The molecule has 0 aromatic heterocycles. The zero-order valence-corrected chi connectivity index (χ0v) is 15.5. The zero-order valence-electron chi connectivity index (χ0n) is 13.1. The molecule has 0 radical (unpaired) electrons. The summed E-state index contributed by atoms with van der Waals surface area (Å²) < 4.78 is 5.94. The average molecular weight is 408 g/mol. The van der Waals surface area contributed by atoms with E-state index >= 15 is 0 Å². The highest BCUT2D eigenvalue weighted by atomic mass is 79.9. The van der Waals surface area contributed by atoms with E-state index in [1.807, 2.05) is 48.5 Å². The first kappa shape index (κ1) is 18.4. The van der Waals surface area contributed by atoms with Crippen LogP contribution in [-0.4, -0.2) is 12.6 Å². The van der Waals surface area contributed by atoms with Crippen LogP contribution in [0.1, 0.15) is 6.92 Å². The number of carbonyl (C=O) groups is 1. The summed E-state index contributed by atoms with van der Waals surface area (Å²) >= 11 is 4.67. The topological polar surface area (TPSA) is 90.4 Å². The highest BCUT2D eigenvalue weighted by Crippen LogP contribution is 2.28. The number of hydrazine groups is 1. The molecule has 0 fully saturated rings. The van der Waals surface area contributed by atoms with Crippen molar-refractivity contribution in [3.8, 4) is 11.1 Å². The summed E-state index contributed by atoms with van der Waals surface area (Å²) in [6, 6.07) is 15.9. The molecule has 0 aliphatic heterocycles. The first-order valence-electron chi connectivity index (χ1n) is 7.22. The van der Waals surface area contributed by atoms with Crippen molar-refractivity contribution in [1.29, 1.82) is 0 Å². The van der Waals surface area contributed by atoms with Crippen LogP contribution in [0.3, 0.4) is 0 Å². The van der Waals surface area contributed by atoms with E-state index in [0.717, 1.165) is 20.5 Å². The molecule has 0 bridgehead atoms. The lowest BCUT2D eigenvalue weighted by Gasteiger charge is -2.10. The van der Waals surface area contributed by atoms with Gasteiger partial charge in [0.1, 0.15) is 5.03 Å². The van der Waals surface area contributed by atoms with E-state index in [0.29, 0.717) is 0 Å². The van der Waals surface area contributed by atoms with Gasteiger partial charge in [-0.05, 0) is 42.3 Å². The van der Waals surface area contributed by atoms with E-state index in [-0.39, 0.29) is 17.3 Å². The minimum absolute atomic E-state index is 0.0545. The molecule has 0 heterocycles. The molecule has 2 aromatic rings. The van der Waals surface area contributed by atoms with Gasteiger partial charge in [0.25, 0.3) is 0 Å². The molecule has 7 heteroatoms. The van der Waals surface area contributed by atoms with Gasteiger partial charge in [0.05, 0.1) is 6.61 Å². The molecule has 5 nitrogen and oxygen atoms in total. The largest absolute Gasteiger partial charge is 0.461 e. The van der Waals surface area contributed by atoms with E-state index in [4.69, 9.17) is 16.3 Å². The number of halogens is 1. The van der Waals surface area contributed by atoms with Crippen molar-refractivity contribution in [3.63, 3.8) is 0 Å². The van der Waals surface area contributed by atoms with Crippen LogP contribution in [0.15, 0.2) is 68.6 Å². The van der Waals surface area contributed by atoms with Gasteiger partial charge in [-0.3, -0.25) is 5.84 Å². The lowest BCUT2D eigenvalue weighted by molar-refractivity contribution is -0.139. The van der Waals surface area contributed by atoms with Gasteiger partial charge >= 0.3 is 5.97 Å². The lowest BCUT2D eigenvalue weighted by Crippen LogP contribution is -2.30. The van der Waals surface area contributed by atoms with Gasteiger partial charge in [-0.2, -0.15) is 0 Å². The molecule has 2 aromatic carbocycles. The number of nitrogens with two attached hydrogens (primary N) is 2. The van der Waals surface area contributed by atoms with Crippen LogP contribution >= 0.6 is 27.7 Å². The first-order valence-corrected chi connectivity index (χ1v) is 8.83. The molecule has 0 amide bonds. The summed E-state index contributed by atoms with van der Waals surface area (Å²) in [7, 11) is 0. The predicted molar refractivity (Wildman–Crippen MR) is 101 cm³/mol. The van der Waals surface area contributed by atoms with Crippen molar-refractivity contribution < 1.29 is 9.53 Å². The third-order valence-electron chi connectivity index (χ3n) is 3.13. The number of hydrogen-bond donors (Lipinski definition) is 3. The quantitative estimate of drug-likeness (QED) is 0.223. The number of esters is 1. The summed E-state index contributed by atoms with van der Waals surface area (Å²) in [6.45, 7) is 1.97. The fraction of sp³-hybridized carbons (Fsp3) is 0.118. The standard InChI is InChI=1S/C17H18BrN3O2S/c1-2-23-17(22)15(21-20)16(19)24-14-9-5-12(6-10-14)11-3-7-13(18)8-4-11/h3-10,21H,2,19-20H2,1H3/b16-15+. The molecule has 0 saturated carbocycles. The maximum absolute atomic E-state index is 11.8. The Labute approximate surface area is 153 Å². The van der Waals surface area contributed by atoms with Crippen molar-refractivity contribution in [2.45, 2.75) is 11.8 Å². The molecule has 0 saturated heterocycles. The van der Waals surface area contributed by atoms with E-state index in [1.165, 1.54) is 11.8 Å². The monoisotopic (exact) mass is 407 g/mol. The molecule has 0 aliphatic carbocycles. The second-order valence-electron chi connectivity index (χ2n) is 4.74. The van der Waals surface area contributed by atoms with Crippen LogP contribution in [-0.2, 0) is 9.53 Å². The minimum Gasteiger partial charge on any atom is -0.461 e. The molecular formula is C17H18BrN3O2S. The predicted octanol–water partition coefficient (Wildman–Crippen LogP) is 3.36. The molecule has 0 spiro atoms. The van der Waals surface area contributed by atoms with Crippen molar-refractivity contribution in [2.75, 3.05) is 6.61 Å². The molecule has 126 valence electrons. The first-order chi connectivity index (χ1) is 11.5. The number of hydrogen-bond acceptors (Lipinski definition) is 6. The number of rotatable bonds is 6. The Morgan fingerprint density at radius 1 is 1.12 bits per heavy atom. The smallest absolute Gasteiger partial charge is 0.358 e. The maximum atomic E-state index is 11.8. The minimum atomic E-state index is -0.573. The number of benzene rings is 2. The Morgan fingerprint density at radius 3 is 2.17 bits per heavy atom. The molecule has 2 rings (SSSR count). The summed E-state index contributed by atoms with van der Waals surface area (Å²) in [4.78, 5) is 12.6. The molecular weight excluding hydrogens is 390 g/mol. The third-order valence-corrected chi connectivity index (χ3v) is 4.59. The van der Waals surface area contributed by atoms with Crippen molar-refractivity contribution in [1.82, 2.24) is 5.43 Å². The van der Waals surface area contributed by atoms with Crippen LogP contribution in [0.4, 0.5) is 0 Å². The molecule has 0 unspecified atom stereocenters. The van der Waals surface area contributed by atoms with Gasteiger partial charge in [-0.15, -0.1) is 0 Å². The summed E-state index contributed by atoms with van der Waals surface area (Å²) in [5.74, 6) is 4.79.